The summed E-state index contributed by atoms with van der Waals surface area (Å²) in [5.41, 5.74) is -0.256. The Morgan fingerprint density at radius 1 is 1.12 bits per heavy atom. The van der Waals surface area contributed by atoms with E-state index in [9.17, 15) is 5.11 Å². The van der Waals surface area contributed by atoms with Crippen molar-refractivity contribution >= 4 is 0 Å². The molecule has 0 aromatic carbocycles. The third-order valence-electron chi connectivity index (χ3n) is 5.92. The van der Waals surface area contributed by atoms with E-state index in [1.807, 2.05) is 0 Å². The van der Waals surface area contributed by atoms with Crippen LogP contribution in [0.3, 0.4) is 0 Å². The summed E-state index contributed by atoms with van der Waals surface area (Å²) in [6, 6.07) is 0. The molecule has 1 N–H and O–H groups in total. The van der Waals surface area contributed by atoms with Gasteiger partial charge in [0.1, 0.15) is 0 Å². The first-order valence-corrected chi connectivity index (χ1v) is 7.47. The number of fused-ring (bicyclic) bond motifs is 2. The van der Waals surface area contributed by atoms with Gasteiger partial charge in [-0.3, -0.25) is 0 Å². The van der Waals surface area contributed by atoms with Crippen molar-refractivity contribution in [1.82, 2.24) is 0 Å². The minimum Gasteiger partial charge on any atom is -0.390 e. The summed E-state index contributed by atoms with van der Waals surface area (Å²) in [4.78, 5) is 0. The summed E-state index contributed by atoms with van der Waals surface area (Å²) >= 11 is 0. The Bertz CT molecular complexity index is 254. The molecule has 1 heteroatoms. The van der Waals surface area contributed by atoms with Crippen LogP contribution in [0.4, 0.5) is 0 Å². The fourth-order valence-electron chi connectivity index (χ4n) is 5.28. The average molecular weight is 222 g/mol. The highest BCUT2D eigenvalue weighted by molar-refractivity contribution is 5.05. The van der Waals surface area contributed by atoms with Gasteiger partial charge in [0.05, 0.1) is 5.60 Å². The van der Waals surface area contributed by atoms with Crippen molar-refractivity contribution in [2.45, 2.75) is 70.3 Å². The van der Waals surface area contributed by atoms with Crippen LogP contribution in [0.2, 0.25) is 0 Å². The molecule has 4 unspecified atom stereocenters. The quantitative estimate of drug-likeness (QED) is 0.754. The monoisotopic (exact) mass is 222 g/mol. The molecule has 0 spiro atoms. The molecule has 0 radical (unpaired) electrons. The third-order valence-corrected chi connectivity index (χ3v) is 5.92. The van der Waals surface area contributed by atoms with Crippen molar-refractivity contribution in [3.8, 4) is 0 Å². The molecule has 0 aliphatic heterocycles. The van der Waals surface area contributed by atoms with Crippen LogP contribution in [0.25, 0.3) is 0 Å². The van der Waals surface area contributed by atoms with E-state index in [0.29, 0.717) is 5.92 Å². The normalized spacial score (nSPS) is 46.1. The van der Waals surface area contributed by atoms with Crippen LogP contribution in [0.1, 0.15) is 64.7 Å². The minimum absolute atomic E-state index is 0.256. The number of aliphatic hydroxyl groups is 1. The fourth-order valence-corrected chi connectivity index (χ4v) is 5.28. The van der Waals surface area contributed by atoms with Gasteiger partial charge in [-0.05, 0) is 55.8 Å². The van der Waals surface area contributed by atoms with E-state index in [0.717, 1.165) is 30.6 Å². The fraction of sp³-hybridized carbons (Fsp3) is 1.00. The van der Waals surface area contributed by atoms with Crippen LogP contribution in [0, 0.1) is 23.7 Å². The summed E-state index contributed by atoms with van der Waals surface area (Å²) in [5.74, 6) is 3.36. The van der Waals surface area contributed by atoms with Crippen molar-refractivity contribution in [1.29, 1.82) is 0 Å². The highest BCUT2D eigenvalue weighted by Gasteiger charge is 2.55. The van der Waals surface area contributed by atoms with Gasteiger partial charge in [-0.2, -0.15) is 0 Å². The van der Waals surface area contributed by atoms with Crippen molar-refractivity contribution in [3.05, 3.63) is 0 Å². The van der Waals surface area contributed by atoms with Crippen molar-refractivity contribution < 1.29 is 5.11 Å². The van der Waals surface area contributed by atoms with Crippen molar-refractivity contribution in [2.24, 2.45) is 23.7 Å². The second kappa shape index (κ2) is 4.01. The zero-order valence-corrected chi connectivity index (χ0v) is 10.6. The summed E-state index contributed by atoms with van der Waals surface area (Å²) < 4.78 is 0. The predicted molar refractivity (Wildman–Crippen MR) is 66.1 cm³/mol. The highest BCUT2D eigenvalue weighted by atomic mass is 16.3. The van der Waals surface area contributed by atoms with Crippen LogP contribution in [-0.4, -0.2) is 10.7 Å². The molecule has 0 saturated heterocycles. The first kappa shape index (κ1) is 11.1. The Morgan fingerprint density at radius 2 is 1.88 bits per heavy atom. The van der Waals surface area contributed by atoms with E-state index in [1.165, 1.54) is 44.9 Å². The third kappa shape index (κ3) is 1.54. The lowest BCUT2D eigenvalue weighted by Crippen LogP contribution is -2.42. The van der Waals surface area contributed by atoms with E-state index in [1.54, 1.807) is 0 Å². The molecule has 4 atom stereocenters. The average Bonchev–Trinajstić information content (AvgIpc) is 2.87. The van der Waals surface area contributed by atoms with E-state index in [2.05, 4.69) is 6.92 Å². The first-order chi connectivity index (χ1) is 7.74. The molecular weight excluding hydrogens is 196 g/mol. The van der Waals surface area contributed by atoms with Gasteiger partial charge in [0, 0.05) is 0 Å². The summed E-state index contributed by atoms with van der Waals surface area (Å²) in [7, 11) is 0. The van der Waals surface area contributed by atoms with E-state index in [4.69, 9.17) is 0 Å². The maximum Gasteiger partial charge on any atom is 0.0681 e. The number of rotatable bonds is 2. The Labute approximate surface area is 99.6 Å². The van der Waals surface area contributed by atoms with Gasteiger partial charge in [-0.25, -0.2) is 0 Å². The molecule has 3 aliphatic rings. The van der Waals surface area contributed by atoms with Gasteiger partial charge >= 0.3 is 0 Å². The van der Waals surface area contributed by atoms with Gasteiger partial charge in [-0.1, -0.05) is 32.6 Å². The van der Waals surface area contributed by atoms with Crippen LogP contribution in [0.5, 0.6) is 0 Å². The van der Waals surface area contributed by atoms with Crippen LogP contribution >= 0.6 is 0 Å². The van der Waals surface area contributed by atoms with Crippen LogP contribution in [-0.2, 0) is 0 Å². The molecule has 3 saturated carbocycles. The van der Waals surface area contributed by atoms with Gasteiger partial charge in [0.2, 0.25) is 0 Å². The Balaban J connectivity index is 1.79. The lowest BCUT2D eigenvalue weighted by Gasteiger charge is -2.40. The molecule has 0 amide bonds. The molecule has 0 aromatic rings. The minimum atomic E-state index is -0.256. The number of hydrogen-bond donors (Lipinski definition) is 1. The SMILES string of the molecule is CCC1CC2CCC1C2C1(O)CCCCC1. The predicted octanol–water partition coefficient (Wildman–Crippen LogP) is 3.75. The molecule has 2 bridgehead atoms. The maximum absolute atomic E-state index is 11.0. The largest absolute Gasteiger partial charge is 0.390 e. The second-order valence-electron chi connectivity index (χ2n) is 6.60. The summed E-state index contributed by atoms with van der Waals surface area (Å²) in [6.07, 6.45) is 11.7. The number of hydrogen-bond acceptors (Lipinski definition) is 1. The highest BCUT2D eigenvalue weighted by Crippen LogP contribution is 2.59. The van der Waals surface area contributed by atoms with Gasteiger partial charge in [0.15, 0.2) is 0 Å². The molecule has 0 aromatic heterocycles. The molecule has 1 nitrogen and oxygen atoms in total. The smallest absolute Gasteiger partial charge is 0.0681 e. The van der Waals surface area contributed by atoms with Gasteiger partial charge in [-0.15, -0.1) is 0 Å². The zero-order chi connectivity index (χ0) is 11.2. The van der Waals surface area contributed by atoms with Crippen LogP contribution in [0.15, 0.2) is 0 Å². The lowest BCUT2D eigenvalue weighted by molar-refractivity contribution is -0.0676. The Hall–Kier alpha value is -0.0400. The Kier molecular flexibility index (Phi) is 2.78. The molecule has 0 heterocycles. The molecule has 3 aliphatic carbocycles. The second-order valence-corrected chi connectivity index (χ2v) is 6.60. The van der Waals surface area contributed by atoms with E-state index >= 15 is 0 Å². The van der Waals surface area contributed by atoms with Gasteiger partial charge in [0.25, 0.3) is 0 Å². The standard InChI is InChI=1S/C15H26O/c1-2-11-10-12-6-7-13(11)14(12)15(16)8-4-3-5-9-15/h11-14,16H,2-10H2,1H3. The topological polar surface area (TPSA) is 20.2 Å². The lowest BCUT2D eigenvalue weighted by atomic mass is 9.70. The van der Waals surface area contributed by atoms with E-state index in [-0.39, 0.29) is 5.60 Å². The van der Waals surface area contributed by atoms with Crippen LogP contribution < -0.4 is 0 Å². The van der Waals surface area contributed by atoms with E-state index < -0.39 is 0 Å². The van der Waals surface area contributed by atoms with Gasteiger partial charge < -0.3 is 5.11 Å². The summed E-state index contributed by atoms with van der Waals surface area (Å²) in [6.45, 7) is 2.34. The van der Waals surface area contributed by atoms with Crippen molar-refractivity contribution in [2.75, 3.05) is 0 Å². The first-order valence-electron chi connectivity index (χ1n) is 7.47. The molecular formula is C15H26O. The molecule has 92 valence electrons. The summed E-state index contributed by atoms with van der Waals surface area (Å²) in [5, 5.41) is 11.0. The Morgan fingerprint density at radius 3 is 2.50 bits per heavy atom. The zero-order valence-electron chi connectivity index (χ0n) is 10.6. The molecule has 3 rings (SSSR count). The molecule has 16 heavy (non-hydrogen) atoms. The molecule has 3 fully saturated rings. The maximum atomic E-state index is 11.0. The van der Waals surface area contributed by atoms with Crippen molar-refractivity contribution in [3.63, 3.8) is 0 Å².